The van der Waals surface area contributed by atoms with Crippen molar-refractivity contribution in [2.45, 2.75) is 46.7 Å². The smallest absolute Gasteiger partial charge is 0.234 e. The van der Waals surface area contributed by atoms with Crippen LogP contribution in [0, 0.1) is 5.92 Å². The number of hydrogen-bond donors (Lipinski definition) is 1. The van der Waals surface area contributed by atoms with Crippen LogP contribution in [-0.4, -0.2) is 37.1 Å². The SMILES string of the molecule is CCOc1ccc(C(NC(=O)CN2CCc3sccc3C2)C(C)C)cc1OCC. The van der Waals surface area contributed by atoms with Gasteiger partial charge in [-0.25, -0.2) is 0 Å². The lowest BCUT2D eigenvalue weighted by molar-refractivity contribution is -0.123. The van der Waals surface area contributed by atoms with Gasteiger partial charge >= 0.3 is 0 Å². The third-order valence-corrected chi connectivity index (χ3v) is 6.19. The van der Waals surface area contributed by atoms with Gasteiger partial charge in [-0.2, -0.15) is 0 Å². The van der Waals surface area contributed by atoms with E-state index >= 15 is 0 Å². The molecule has 0 bridgehead atoms. The second-order valence-corrected chi connectivity index (χ2v) is 8.69. The normalized spacial score (nSPS) is 15.1. The Morgan fingerprint density at radius 1 is 1.17 bits per heavy atom. The molecule has 0 saturated heterocycles. The maximum atomic E-state index is 12.8. The zero-order valence-corrected chi connectivity index (χ0v) is 18.7. The van der Waals surface area contributed by atoms with Gasteiger partial charge in [-0.3, -0.25) is 9.69 Å². The van der Waals surface area contributed by atoms with Gasteiger partial charge < -0.3 is 14.8 Å². The fourth-order valence-electron chi connectivity index (χ4n) is 3.76. The largest absolute Gasteiger partial charge is 0.490 e. The lowest BCUT2D eigenvalue weighted by atomic mass is 9.95. The molecule has 0 fully saturated rings. The summed E-state index contributed by atoms with van der Waals surface area (Å²) in [5.74, 6) is 1.80. The van der Waals surface area contributed by atoms with Crippen LogP contribution in [0.5, 0.6) is 11.5 Å². The van der Waals surface area contributed by atoms with Gasteiger partial charge in [0.05, 0.1) is 25.8 Å². The number of hydrogen-bond acceptors (Lipinski definition) is 5. The molecule has 3 rings (SSSR count). The molecular formula is C23H32N2O3S. The molecule has 0 spiro atoms. The van der Waals surface area contributed by atoms with Crippen LogP contribution in [0.4, 0.5) is 0 Å². The number of benzene rings is 1. The minimum absolute atomic E-state index is 0.0641. The van der Waals surface area contributed by atoms with Crippen molar-refractivity contribution in [2.24, 2.45) is 5.92 Å². The summed E-state index contributed by atoms with van der Waals surface area (Å²) >= 11 is 1.82. The van der Waals surface area contributed by atoms with Gasteiger partial charge in [0, 0.05) is 18.0 Å². The van der Waals surface area contributed by atoms with Crippen molar-refractivity contribution in [3.63, 3.8) is 0 Å². The molecule has 1 N–H and O–H groups in total. The number of nitrogens with one attached hydrogen (secondary N) is 1. The number of carbonyl (C=O) groups excluding carboxylic acids is 1. The quantitative estimate of drug-likeness (QED) is 0.658. The summed E-state index contributed by atoms with van der Waals surface area (Å²) in [6.45, 7) is 11.5. The van der Waals surface area contributed by atoms with Crippen molar-refractivity contribution in [3.05, 3.63) is 45.6 Å². The summed E-state index contributed by atoms with van der Waals surface area (Å²) in [6.07, 6.45) is 1.03. The van der Waals surface area contributed by atoms with Crippen molar-refractivity contribution in [1.29, 1.82) is 0 Å². The van der Waals surface area contributed by atoms with Gasteiger partial charge in [0.2, 0.25) is 5.91 Å². The average Bonchev–Trinajstić information content (AvgIpc) is 3.15. The van der Waals surface area contributed by atoms with Gasteiger partial charge in [-0.15, -0.1) is 11.3 Å². The summed E-state index contributed by atoms with van der Waals surface area (Å²) in [5, 5.41) is 5.39. The molecule has 29 heavy (non-hydrogen) atoms. The van der Waals surface area contributed by atoms with Gasteiger partial charge in [0.15, 0.2) is 11.5 Å². The molecule has 0 aliphatic carbocycles. The molecule has 5 nitrogen and oxygen atoms in total. The van der Waals surface area contributed by atoms with Gasteiger partial charge in [0.1, 0.15) is 0 Å². The lowest BCUT2D eigenvalue weighted by Crippen LogP contribution is -2.41. The predicted octanol–water partition coefficient (Wildman–Crippen LogP) is 4.42. The molecule has 1 amide bonds. The van der Waals surface area contributed by atoms with Crippen LogP contribution in [-0.2, 0) is 17.8 Å². The van der Waals surface area contributed by atoms with Gasteiger partial charge in [0.25, 0.3) is 0 Å². The topological polar surface area (TPSA) is 50.8 Å². The molecule has 1 aromatic heterocycles. The summed E-state index contributed by atoms with van der Waals surface area (Å²) in [5.41, 5.74) is 2.40. The highest BCUT2D eigenvalue weighted by atomic mass is 32.1. The van der Waals surface area contributed by atoms with Gasteiger partial charge in [-0.1, -0.05) is 19.9 Å². The predicted molar refractivity (Wildman–Crippen MR) is 118 cm³/mol. The van der Waals surface area contributed by atoms with Crippen LogP contribution in [0.1, 0.15) is 49.7 Å². The van der Waals surface area contributed by atoms with Crippen LogP contribution < -0.4 is 14.8 Å². The van der Waals surface area contributed by atoms with Crippen molar-refractivity contribution < 1.29 is 14.3 Å². The highest BCUT2D eigenvalue weighted by Gasteiger charge is 2.23. The summed E-state index contributed by atoms with van der Waals surface area (Å²) in [7, 11) is 0. The molecule has 1 aliphatic rings. The first-order chi connectivity index (χ1) is 14.0. The number of nitrogens with zero attached hydrogens (tertiary/aromatic N) is 1. The molecule has 0 radical (unpaired) electrons. The Hall–Kier alpha value is -2.05. The summed E-state index contributed by atoms with van der Waals surface area (Å²) in [4.78, 5) is 16.5. The summed E-state index contributed by atoms with van der Waals surface area (Å²) in [6, 6.07) is 8.07. The number of fused-ring (bicyclic) bond motifs is 1. The van der Waals surface area contributed by atoms with Crippen LogP contribution in [0.15, 0.2) is 29.6 Å². The second kappa shape index (κ2) is 10.1. The number of carbonyl (C=O) groups is 1. The molecule has 1 aromatic carbocycles. The first-order valence-corrected chi connectivity index (χ1v) is 11.4. The second-order valence-electron chi connectivity index (χ2n) is 7.69. The van der Waals surface area contributed by atoms with E-state index in [4.69, 9.17) is 9.47 Å². The molecular weight excluding hydrogens is 384 g/mol. The van der Waals surface area contributed by atoms with E-state index in [9.17, 15) is 4.79 Å². The van der Waals surface area contributed by atoms with Gasteiger partial charge in [-0.05, 0) is 60.9 Å². The first kappa shape index (κ1) is 21.7. The van der Waals surface area contributed by atoms with Crippen molar-refractivity contribution in [1.82, 2.24) is 10.2 Å². The van der Waals surface area contributed by atoms with Crippen LogP contribution >= 0.6 is 11.3 Å². The fourth-order valence-corrected chi connectivity index (χ4v) is 4.65. The van der Waals surface area contributed by atoms with E-state index in [0.717, 1.165) is 36.6 Å². The van der Waals surface area contributed by atoms with Crippen molar-refractivity contribution in [3.8, 4) is 11.5 Å². The van der Waals surface area contributed by atoms with Crippen LogP contribution in [0.2, 0.25) is 0 Å². The van der Waals surface area contributed by atoms with Crippen LogP contribution in [0.25, 0.3) is 0 Å². The third-order valence-electron chi connectivity index (χ3n) is 5.16. The minimum Gasteiger partial charge on any atom is -0.490 e. The van der Waals surface area contributed by atoms with Crippen molar-refractivity contribution in [2.75, 3.05) is 26.3 Å². The number of ether oxygens (including phenoxy) is 2. The number of rotatable bonds is 9. The third kappa shape index (κ3) is 5.52. The fraction of sp³-hybridized carbons (Fsp3) is 0.522. The summed E-state index contributed by atoms with van der Waals surface area (Å²) < 4.78 is 11.4. The molecule has 2 heterocycles. The first-order valence-electron chi connectivity index (χ1n) is 10.5. The monoisotopic (exact) mass is 416 g/mol. The standard InChI is InChI=1S/C23H32N2O3S/c1-5-27-19-8-7-17(13-20(19)28-6-2)23(16(3)4)24-22(26)15-25-11-9-21-18(14-25)10-12-29-21/h7-8,10,12-13,16,23H,5-6,9,11,14-15H2,1-4H3,(H,24,26). The van der Waals surface area contributed by atoms with Crippen LogP contribution in [0.3, 0.4) is 0 Å². The highest BCUT2D eigenvalue weighted by Crippen LogP contribution is 2.33. The number of amides is 1. The Bertz CT molecular complexity index is 818. The van der Waals surface area contributed by atoms with E-state index in [1.54, 1.807) is 0 Å². The zero-order chi connectivity index (χ0) is 20.8. The van der Waals surface area contributed by atoms with E-state index in [1.165, 1.54) is 10.4 Å². The molecule has 2 aromatic rings. The Morgan fingerprint density at radius 3 is 2.66 bits per heavy atom. The lowest BCUT2D eigenvalue weighted by Gasteiger charge is -2.28. The molecule has 1 unspecified atom stereocenters. The highest BCUT2D eigenvalue weighted by molar-refractivity contribution is 7.10. The molecule has 1 atom stereocenters. The number of thiophene rings is 1. The van der Waals surface area contributed by atoms with E-state index in [2.05, 4.69) is 35.5 Å². The Morgan fingerprint density at radius 2 is 1.93 bits per heavy atom. The average molecular weight is 417 g/mol. The molecule has 0 saturated carbocycles. The maximum Gasteiger partial charge on any atom is 0.234 e. The zero-order valence-electron chi connectivity index (χ0n) is 17.9. The minimum atomic E-state index is -0.0705. The Labute approximate surface area is 178 Å². The Balaban J connectivity index is 1.68. The molecule has 158 valence electrons. The maximum absolute atomic E-state index is 12.8. The van der Waals surface area contributed by atoms with Crippen molar-refractivity contribution >= 4 is 17.2 Å². The molecule has 6 heteroatoms. The van der Waals surface area contributed by atoms with E-state index in [1.807, 2.05) is 43.4 Å². The van der Waals surface area contributed by atoms with E-state index < -0.39 is 0 Å². The van der Waals surface area contributed by atoms with E-state index in [0.29, 0.717) is 19.8 Å². The molecule has 1 aliphatic heterocycles. The van der Waals surface area contributed by atoms with E-state index in [-0.39, 0.29) is 17.9 Å². The Kier molecular flexibility index (Phi) is 7.56.